The largest absolute Gasteiger partial charge is 0.365 e. The van der Waals surface area contributed by atoms with E-state index in [1.54, 1.807) is 36.2 Å². The molecule has 0 fully saturated rings. The number of nitrogens with zero attached hydrogens (tertiary/aromatic N) is 2. The molecule has 0 aliphatic carbocycles. The van der Waals surface area contributed by atoms with E-state index >= 15 is 0 Å². The van der Waals surface area contributed by atoms with Crippen LogP contribution in [-0.2, 0) is 16.1 Å². The molecule has 0 atom stereocenters. The molecule has 0 saturated heterocycles. The molecule has 3 aromatic carbocycles. The van der Waals surface area contributed by atoms with Gasteiger partial charge in [-0.1, -0.05) is 71.7 Å². The van der Waals surface area contributed by atoms with Gasteiger partial charge in [-0.3, -0.25) is 9.59 Å². The van der Waals surface area contributed by atoms with E-state index in [1.165, 1.54) is 4.90 Å². The summed E-state index contributed by atoms with van der Waals surface area (Å²) in [6.45, 7) is 2.38. The normalized spacial score (nSPS) is 13.9. The van der Waals surface area contributed by atoms with E-state index in [1.807, 2.05) is 55.5 Å². The Kier molecular flexibility index (Phi) is 5.86. The van der Waals surface area contributed by atoms with Gasteiger partial charge in [0.1, 0.15) is 5.70 Å². The predicted molar refractivity (Wildman–Crippen MR) is 125 cm³/mol. The number of likely N-dealkylation sites (N-methyl/N-ethyl adjacent to an activating group) is 1. The SMILES string of the molecule is Cc1cccc(N2C(=O)C(c3ccc(Cl)cc3Cl)=C(N(C)Cc3ccccc3)C2=O)c1. The van der Waals surface area contributed by atoms with Gasteiger partial charge in [0.25, 0.3) is 11.8 Å². The van der Waals surface area contributed by atoms with Crippen LogP contribution in [0.3, 0.4) is 0 Å². The fraction of sp³-hybridized carbons (Fsp3) is 0.120. The molecule has 31 heavy (non-hydrogen) atoms. The number of amides is 2. The van der Waals surface area contributed by atoms with Gasteiger partial charge in [0.05, 0.1) is 16.3 Å². The number of hydrogen-bond acceptors (Lipinski definition) is 3. The van der Waals surface area contributed by atoms with Crippen molar-refractivity contribution in [2.24, 2.45) is 0 Å². The van der Waals surface area contributed by atoms with Gasteiger partial charge in [-0.2, -0.15) is 0 Å². The molecule has 1 aliphatic rings. The molecule has 0 radical (unpaired) electrons. The Morgan fingerprint density at radius 3 is 2.29 bits per heavy atom. The number of carbonyl (C=O) groups is 2. The number of hydrogen-bond donors (Lipinski definition) is 0. The number of carbonyl (C=O) groups excluding carboxylic acids is 2. The number of imide groups is 1. The van der Waals surface area contributed by atoms with Gasteiger partial charge in [-0.25, -0.2) is 4.90 Å². The molecule has 0 aromatic heterocycles. The Hall–Kier alpha value is -3.08. The lowest BCUT2D eigenvalue weighted by molar-refractivity contribution is -0.120. The van der Waals surface area contributed by atoms with Crippen LogP contribution in [0.25, 0.3) is 5.57 Å². The smallest absolute Gasteiger partial charge is 0.282 e. The van der Waals surface area contributed by atoms with Gasteiger partial charge >= 0.3 is 0 Å². The van der Waals surface area contributed by atoms with Gasteiger partial charge < -0.3 is 4.90 Å². The van der Waals surface area contributed by atoms with Crippen molar-refractivity contribution in [1.29, 1.82) is 0 Å². The Labute approximate surface area is 191 Å². The quantitative estimate of drug-likeness (QED) is 0.466. The first-order chi connectivity index (χ1) is 14.9. The summed E-state index contributed by atoms with van der Waals surface area (Å²) >= 11 is 12.5. The van der Waals surface area contributed by atoms with E-state index in [4.69, 9.17) is 23.2 Å². The van der Waals surface area contributed by atoms with Crippen molar-refractivity contribution in [3.8, 4) is 0 Å². The topological polar surface area (TPSA) is 40.6 Å². The van der Waals surface area contributed by atoms with Crippen molar-refractivity contribution in [3.63, 3.8) is 0 Å². The summed E-state index contributed by atoms with van der Waals surface area (Å²) in [6.07, 6.45) is 0. The summed E-state index contributed by atoms with van der Waals surface area (Å²) < 4.78 is 0. The lowest BCUT2D eigenvalue weighted by Crippen LogP contribution is -2.34. The fourth-order valence-corrected chi connectivity index (χ4v) is 4.25. The molecule has 1 aliphatic heterocycles. The van der Waals surface area contributed by atoms with Crippen LogP contribution in [0.15, 0.2) is 78.5 Å². The summed E-state index contributed by atoms with van der Waals surface area (Å²) in [5.74, 6) is -0.787. The lowest BCUT2D eigenvalue weighted by Gasteiger charge is -2.22. The molecule has 6 heteroatoms. The summed E-state index contributed by atoms with van der Waals surface area (Å²) in [7, 11) is 1.80. The molecule has 4 rings (SSSR count). The van der Waals surface area contributed by atoms with E-state index in [-0.39, 0.29) is 11.5 Å². The van der Waals surface area contributed by atoms with Crippen molar-refractivity contribution >= 4 is 46.3 Å². The average Bonchev–Trinajstić information content (AvgIpc) is 2.99. The van der Waals surface area contributed by atoms with Crippen LogP contribution in [0.4, 0.5) is 5.69 Å². The molecular weight excluding hydrogens is 431 g/mol. The van der Waals surface area contributed by atoms with Gasteiger partial charge in [-0.15, -0.1) is 0 Å². The summed E-state index contributed by atoms with van der Waals surface area (Å²) in [5, 5.41) is 0.779. The third-order valence-electron chi connectivity index (χ3n) is 5.16. The van der Waals surface area contributed by atoms with E-state index in [0.717, 1.165) is 11.1 Å². The van der Waals surface area contributed by atoms with Gasteiger partial charge in [-0.05, 0) is 42.3 Å². The maximum atomic E-state index is 13.6. The van der Waals surface area contributed by atoms with Crippen LogP contribution in [0.2, 0.25) is 10.0 Å². The highest BCUT2D eigenvalue weighted by Gasteiger charge is 2.42. The zero-order valence-electron chi connectivity index (χ0n) is 17.1. The van der Waals surface area contributed by atoms with Gasteiger partial charge in [0, 0.05) is 24.2 Å². The minimum atomic E-state index is -0.408. The number of anilines is 1. The molecule has 3 aromatic rings. The van der Waals surface area contributed by atoms with E-state index < -0.39 is 5.91 Å². The summed E-state index contributed by atoms with van der Waals surface area (Å²) in [5.41, 5.74) is 3.56. The predicted octanol–water partition coefficient (Wildman–Crippen LogP) is 5.72. The van der Waals surface area contributed by atoms with Gasteiger partial charge in [0.15, 0.2) is 0 Å². The maximum absolute atomic E-state index is 13.6. The third kappa shape index (κ3) is 4.09. The highest BCUT2D eigenvalue weighted by atomic mass is 35.5. The molecule has 4 nitrogen and oxygen atoms in total. The fourth-order valence-electron chi connectivity index (χ4n) is 3.75. The highest BCUT2D eigenvalue weighted by molar-refractivity contribution is 6.47. The Morgan fingerprint density at radius 1 is 0.871 bits per heavy atom. The Bertz CT molecular complexity index is 1210. The van der Waals surface area contributed by atoms with Crippen LogP contribution in [0.1, 0.15) is 16.7 Å². The molecule has 0 bridgehead atoms. The van der Waals surface area contributed by atoms with Crippen LogP contribution >= 0.6 is 23.2 Å². The molecule has 0 saturated carbocycles. The number of benzene rings is 3. The summed E-state index contributed by atoms with van der Waals surface area (Å²) in [4.78, 5) is 30.1. The molecule has 1 heterocycles. The Morgan fingerprint density at radius 2 is 1.61 bits per heavy atom. The zero-order chi connectivity index (χ0) is 22.1. The third-order valence-corrected chi connectivity index (χ3v) is 5.71. The Balaban J connectivity index is 1.84. The first-order valence-corrected chi connectivity index (χ1v) is 10.5. The van der Waals surface area contributed by atoms with Crippen molar-refractivity contribution in [1.82, 2.24) is 4.90 Å². The molecule has 2 amide bonds. The van der Waals surface area contributed by atoms with Gasteiger partial charge in [0.2, 0.25) is 0 Å². The highest BCUT2D eigenvalue weighted by Crippen LogP contribution is 2.38. The van der Waals surface area contributed by atoms with Crippen LogP contribution in [-0.4, -0.2) is 23.8 Å². The van der Waals surface area contributed by atoms with E-state index in [2.05, 4.69) is 0 Å². The maximum Gasteiger partial charge on any atom is 0.282 e. The number of aryl methyl sites for hydroxylation is 1. The number of rotatable bonds is 5. The monoisotopic (exact) mass is 450 g/mol. The first-order valence-electron chi connectivity index (χ1n) is 9.77. The van der Waals surface area contributed by atoms with E-state index in [9.17, 15) is 9.59 Å². The van der Waals surface area contributed by atoms with Crippen LogP contribution in [0.5, 0.6) is 0 Å². The average molecular weight is 451 g/mol. The second kappa shape index (κ2) is 8.58. The standard InChI is InChI=1S/C25H20Cl2N2O2/c1-16-7-6-10-19(13-16)29-24(30)22(20-12-11-18(26)14-21(20)27)23(25(29)31)28(2)15-17-8-4-3-5-9-17/h3-14H,15H2,1-2H3. The van der Waals surface area contributed by atoms with Crippen molar-refractivity contribution in [3.05, 3.63) is 105 Å². The lowest BCUT2D eigenvalue weighted by atomic mass is 10.0. The molecule has 0 spiro atoms. The zero-order valence-corrected chi connectivity index (χ0v) is 18.6. The summed E-state index contributed by atoms with van der Waals surface area (Å²) in [6, 6.07) is 22.0. The second-order valence-corrected chi connectivity index (χ2v) is 8.32. The molecule has 0 N–H and O–H groups in total. The molecule has 0 unspecified atom stereocenters. The first kappa shape index (κ1) is 21.2. The van der Waals surface area contributed by atoms with Crippen molar-refractivity contribution in [2.75, 3.05) is 11.9 Å². The van der Waals surface area contributed by atoms with Crippen LogP contribution in [0, 0.1) is 6.92 Å². The second-order valence-electron chi connectivity index (χ2n) is 7.47. The number of halogens is 2. The van der Waals surface area contributed by atoms with Crippen molar-refractivity contribution in [2.45, 2.75) is 13.5 Å². The molecule has 156 valence electrons. The van der Waals surface area contributed by atoms with E-state index in [0.29, 0.717) is 33.5 Å². The van der Waals surface area contributed by atoms with Crippen LogP contribution < -0.4 is 4.90 Å². The van der Waals surface area contributed by atoms with Crippen molar-refractivity contribution < 1.29 is 9.59 Å². The minimum Gasteiger partial charge on any atom is -0.365 e. The molecular formula is C25H20Cl2N2O2. The minimum absolute atomic E-state index is 0.270.